The summed E-state index contributed by atoms with van der Waals surface area (Å²) in [5.74, 6) is 2.14. The van der Waals surface area contributed by atoms with Crippen LogP contribution in [-0.2, 0) is 5.75 Å². The summed E-state index contributed by atoms with van der Waals surface area (Å²) in [6.45, 7) is 0.581. The summed E-state index contributed by atoms with van der Waals surface area (Å²) in [5, 5.41) is 4.23. The van der Waals surface area contributed by atoms with E-state index in [1.54, 1.807) is 43.1 Å². The van der Waals surface area contributed by atoms with Crippen molar-refractivity contribution in [2.45, 2.75) is 5.75 Å². The molecule has 1 N–H and O–H groups in total. The molecule has 0 atom stereocenters. The number of hydrogen-bond acceptors (Lipinski definition) is 3. The van der Waals surface area contributed by atoms with Crippen LogP contribution in [0.25, 0.3) is 0 Å². The van der Waals surface area contributed by atoms with E-state index < -0.39 is 0 Å². The molecule has 0 spiro atoms. The third-order valence-electron chi connectivity index (χ3n) is 3.19. The number of halogens is 2. The van der Waals surface area contributed by atoms with Crippen molar-refractivity contribution in [3.05, 3.63) is 63.6 Å². The van der Waals surface area contributed by atoms with Gasteiger partial charge in [0.15, 0.2) is 0 Å². The zero-order chi connectivity index (χ0) is 16.7. The molecule has 1 amide bonds. The number of carbonyl (C=O) groups is 1. The van der Waals surface area contributed by atoms with Gasteiger partial charge in [-0.15, -0.1) is 0 Å². The van der Waals surface area contributed by atoms with Crippen LogP contribution < -0.4 is 10.1 Å². The molecule has 0 saturated carbocycles. The van der Waals surface area contributed by atoms with Crippen molar-refractivity contribution in [2.75, 3.05) is 19.4 Å². The first-order valence-corrected chi connectivity index (χ1v) is 8.95. The van der Waals surface area contributed by atoms with E-state index in [0.717, 1.165) is 22.8 Å². The van der Waals surface area contributed by atoms with Gasteiger partial charge in [0.2, 0.25) is 0 Å². The third-order valence-corrected chi connectivity index (χ3v) is 4.89. The Hall–Kier alpha value is -1.36. The van der Waals surface area contributed by atoms with E-state index in [9.17, 15) is 4.79 Å². The minimum Gasteiger partial charge on any atom is -0.497 e. The molecular formula is C17H17Cl2NO2S. The Bertz CT molecular complexity index is 642. The number of ether oxygens (including phenoxy) is 1. The second-order valence-corrected chi connectivity index (χ2v) is 6.66. The van der Waals surface area contributed by atoms with Crippen LogP contribution >= 0.6 is 35.0 Å². The highest BCUT2D eigenvalue weighted by Gasteiger charge is 2.07. The topological polar surface area (TPSA) is 38.3 Å². The maximum atomic E-state index is 12.0. The molecular weight excluding hydrogens is 353 g/mol. The summed E-state index contributed by atoms with van der Waals surface area (Å²) in [4.78, 5) is 12.0. The average molecular weight is 370 g/mol. The SMILES string of the molecule is COc1ccc(C(=O)NCCSCc2c(Cl)cccc2Cl)cc1. The van der Waals surface area contributed by atoms with Crippen molar-refractivity contribution < 1.29 is 9.53 Å². The fraction of sp³-hybridized carbons (Fsp3) is 0.235. The predicted octanol–water partition coefficient (Wildman–Crippen LogP) is 4.67. The van der Waals surface area contributed by atoms with Crippen molar-refractivity contribution in [3.63, 3.8) is 0 Å². The molecule has 0 bridgehead atoms. The Morgan fingerprint density at radius 3 is 2.39 bits per heavy atom. The zero-order valence-electron chi connectivity index (χ0n) is 12.6. The van der Waals surface area contributed by atoms with Crippen molar-refractivity contribution in [3.8, 4) is 5.75 Å². The van der Waals surface area contributed by atoms with Crippen LogP contribution in [0.5, 0.6) is 5.75 Å². The lowest BCUT2D eigenvalue weighted by atomic mass is 10.2. The van der Waals surface area contributed by atoms with Crippen LogP contribution in [0.15, 0.2) is 42.5 Å². The van der Waals surface area contributed by atoms with Gasteiger partial charge in [-0.05, 0) is 42.0 Å². The molecule has 23 heavy (non-hydrogen) atoms. The molecule has 2 aromatic rings. The number of benzene rings is 2. The number of thioether (sulfide) groups is 1. The predicted molar refractivity (Wildman–Crippen MR) is 98.0 cm³/mol. The summed E-state index contributed by atoms with van der Waals surface area (Å²) in [7, 11) is 1.59. The highest BCUT2D eigenvalue weighted by atomic mass is 35.5. The lowest BCUT2D eigenvalue weighted by Crippen LogP contribution is -2.25. The Labute approximate surface area is 150 Å². The van der Waals surface area contributed by atoms with Crippen LogP contribution in [-0.4, -0.2) is 25.3 Å². The van der Waals surface area contributed by atoms with Gasteiger partial charge in [-0.3, -0.25) is 4.79 Å². The molecule has 3 nitrogen and oxygen atoms in total. The van der Waals surface area contributed by atoms with Crippen LogP contribution in [0.3, 0.4) is 0 Å². The van der Waals surface area contributed by atoms with E-state index in [1.165, 1.54) is 0 Å². The number of rotatable bonds is 7. The summed E-state index contributed by atoms with van der Waals surface area (Å²) in [5.41, 5.74) is 1.55. The molecule has 0 aliphatic heterocycles. The molecule has 0 radical (unpaired) electrons. The molecule has 0 aliphatic rings. The summed E-state index contributed by atoms with van der Waals surface area (Å²) < 4.78 is 5.07. The molecule has 0 aromatic heterocycles. The monoisotopic (exact) mass is 369 g/mol. The van der Waals surface area contributed by atoms with Crippen molar-refractivity contribution in [1.82, 2.24) is 5.32 Å². The number of hydrogen-bond donors (Lipinski definition) is 1. The first-order valence-electron chi connectivity index (χ1n) is 7.04. The lowest BCUT2D eigenvalue weighted by Gasteiger charge is -2.08. The summed E-state index contributed by atoms with van der Waals surface area (Å²) in [6.07, 6.45) is 0. The lowest BCUT2D eigenvalue weighted by molar-refractivity contribution is 0.0956. The van der Waals surface area contributed by atoms with Gasteiger partial charge < -0.3 is 10.1 Å². The number of nitrogens with one attached hydrogen (secondary N) is 1. The van der Waals surface area contributed by atoms with Gasteiger partial charge in [0.1, 0.15) is 5.75 Å². The molecule has 0 unspecified atom stereocenters. The molecule has 122 valence electrons. The normalized spacial score (nSPS) is 10.4. The Balaban J connectivity index is 1.73. The van der Waals surface area contributed by atoms with Crippen LogP contribution in [0.1, 0.15) is 15.9 Å². The molecule has 2 rings (SSSR count). The van der Waals surface area contributed by atoms with E-state index in [-0.39, 0.29) is 5.91 Å². The van der Waals surface area contributed by atoms with E-state index in [0.29, 0.717) is 22.2 Å². The second-order valence-electron chi connectivity index (χ2n) is 4.74. The van der Waals surface area contributed by atoms with Gasteiger partial charge in [0.05, 0.1) is 7.11 Å². The largest absolute Gasteiger partial charge is 0.497 e. The Morgan fingerprint density at radius 2 is 1.78 bits per heavy atom. The van der Waals surface area contributed by atoms with E-state index in [1.807, 2.05) is 18.2 Å². The quantitative estimate of drug-likeness (QED) is 0.720. The molecule has 6 heteroatoms. The maximum Gasteiger partial charge on any atom is 0.251 e. The van der Waals surface area contributed by atoms with Crippen LogP contribution in [0.2, 0.25) is 10.0 Å². The summed E-state index contributed by atoms with van der Waals surface area (Å²) >= 11 is 13.9. The van der Waals surface area contributed by atoms with Gasteiger partial charge in [-0.1, -0.05) is 29.3 Å². The molecule has 0 saturated heterocycles. The second kappa shape index (κ2) is 9.06. The number of amides is 1. The van der Waals surface area contributed by atoms with Crippen molar-refractivity contribution >= 4 is 40.9 Å². The number of carbonyl (C=O) groups excluding carboxylic acids is 1. The smallest absolute Gasteiger partial charge is 0.251 e. The van der Waals surface area contributed by atoms with Gasteiger partial charge in [-0.25, -0.2) is 0 Å². The first kappa shape index (κ1) is 18.0. The van der Waals surface area contributed by atoms with Gasteiger partial charge >= 0.3 is 0 Å². The van der Waals surface area contributed by atoms with Gasteiger partial charge in [0.25, 0.3) is 5.91 Å². The molecule has 2 aromatic carbocycles. The molecule has 0 heterocycles. The van der Waals surface area contributed by atoms with Crippen LogP contribution in [0, 0.1) is 0 Å². The highest BCUT2D eigenvalue weighted by Crippen LogP contribution is 2.27. The zero-order valence-corrected chi connectivity index (χ0v) is 15.0. The third kappa shape index (κ3) is 5.34. The summed E-state index contributed by atoms with van der Waals surface area (Å²) in [6, 6.07) is 12.5. The number of methoxy groups -OCH3 is 1. The fourth-order valence-corrected chi connectivity index (χ4v) is 3.52. The Kier molecular flexibility index (Phi) is 7.09. The standard InChI is InChI=1S/C17H17Cl2NO2S/c1-22-13-7-5-12(6-8-13)17(21)20-9-10-23-11-14-15(18)3-2-4-16(14)19/h2-8H,9-11H2,1H3,(H,20,21). The van der Waals surface area contributed by atoms with Gasteiger partial charge in [-0.2, -0.15) is 11.8 Å². The van der Waals surface area contributed by atoms with E-state index >= 15 is 0 Å². The van der Waals surface area contributed by atoms with Crippen molar-refractivity contribution in [2.24, 2.45) is 0 Å². The maximum absolute atomic E-state index is 12.0. The Morgan fingerprint density at radius 1 is 1.13 bits per heavy atom. The molecule has 0 aliphatic carbocycles. The van der Waals surface area contributed by atoms with Crippen LogP contribution in [0.4, 0.5) is 0 Å². The average Bonchev–Trinajstić information content (AvgIpc) is 2.56. The first-order chi connectivity index (χ1) is 11.1. The minimum absolute atomic E-state index is 0.0935. The minimum atomic E-state index is -0.0935. The highest BCUT2D eigenvalue weighted by molar-refractivity contribution is 7.98. The van der Waals surface area contributed by atoms with E-state index in [2.05, 4.69) is 5.32 Å². The van der Waals surface area contributed by atoms with Gasteiger partial charge in [0, 0.05) is 33.7 Å². The van der Waals surface area contributed by atoms with E-state index in [4.69, 9.17) is 27.9 Å². The fourth-order valence-electron chi connectivity index (χ4n) is 1.93. The molecule has 0 fully saturated rings. The van der Waals surface area contributed by atoms with Crippen molar-refractivity contribution in [1.29, 1.82) is 0 Å².